The Bertz CT molecular complexity index is 393. The molecule has 0 aliphatic heterocycles. The Morgan fingerprint density at radius 1 is 1.47 bits per heavy atom. The van der Waals surface area contributed by atoms with Gasteiger partial charge in [-0.05, 0) is 30.0 Å². The molecule has 1 aromatic carbocycles. The highest BCUT2D eigenvalue weighted by molar-refractivity contribution is 9.18. The molecule has 94 valence electrons. The molecule has 0 heterocycles. The Balaban J connectivity index is 2.77. The van der Waals surface area contributed by atoms with Gasteiger partial charge < -0.3 is 9.64 Å². The molecule has 0 atom stereocenters. The van der Waals surface area contributed by atoms with Gasteiger partial charge >= 0.3 is 0 Å². The third-order valence-corrected chi connectivity index (χ3v) is 3.38. The minimum absolute atomic E-state index is 0.0943. The molecule has 0 bridgehead atoms. The van der Waals surface area contributed by atoms with Gasteiger partial charge in [-0.15, -0.1) is 0 Å². The zero-order chi connectivity index (χ0) is 12.8. The van der Waals surface area contributed by atoms with Gasteiger partial charge in [-0.2, -0.15) is 0 Å². The number of hydrogen-bond acceptors (Lipinski definition) is 2. The first-order chi connectivity index (χ1) is 8.08. The summed E-state index contributed by atoms with van der Waals surface area (Å²) in [5, 5.41) is 0. The van der Waals surface area contributed by atoms with Crippen molar-refractivity contribution >= 4 is 20.7 Å². The lowest BCUT2D eigenvalue weighted by Crippen LogP contribution is -2.23. The fourth-order valence-electron chi connectivity index (χ4n) is 1.62. The molecule has 1 rings (SSSR count). The van der Waals surface area contributed by atoms with E-state index in [1.807, 2.05) is 6.07 Å². The topological polar surface area (TPSA) is 29.5 Å². The van der Waals surface area contributed by atoms with E-state index in [1.54, 1.807) is 19.1 Å². The summed E-state index contributed by atoms with van der Waals surface area (Å²) < 4.78 is 5.32. The first-order valence-corrected chi connectivity index (χ1v) is 6.44. The number of rotatable bonds is 5. The van der Waals surface area contributed by atoms with Crippen molar-refractivity contribution in [2.75, 3.05) is 20.7 Å². The van der Waals surface area contributed by atoms with Crippen LogP contribution in [0, 0.1) is 0 Å². The maximum absolute atomic E-state index is 11.1. The van der Waals surface area contributed by atoms with Crippen LogP contribution < -0.4 is 4.74 Å². The average Bonchev–Trinajstić information content (AvgIpc) is 2.35. The molecule has 0 saturated heterocycles. The standard InChI is InChI=1S/C13H18BrNO2/c1-4-10-5-6-12(17-3)11(9-10)7-8-15(2)13(14)16/h5-6,9H,4,7-8H2,1-3H3. The molecular formula is C13H18BrNO2. The van der Waals surface area contributed by atoms with Gasteiger partial charge in [-0.25, -0.2) is 0 Å². The summed E-state index contributed by atoms with van der Waals surface area (Å²) in [6.07, 6.45) is 1.80. The number of amides is 1. The summed E-state index contributed by atoms with van der Waals surface area (Å²) in [6.45, 7) is 2.80. The molecular weight excluding hydrogens is 282 g/mol. The third-order valence-electron chi connectivity index (χ3n) is 2.77. The molecule has 3 nitrogen and oxygen atoms in total. The molecule has 0 spiro atoms. The molecule has 0 aliphatic carbocycles. The van der Waals surface area contributed by atoms with Crippen LogP contribution in [0.1, 0.15) is 18.1 Å². The van der Waals surface area contributed by atoms with Crippen molar-refractivity contribution in [2.24, 2.45) is 0 Å². The quantitative estimate of drug-likeness (QED) is 0.617. The molecule has 1 amide bonds. The third kappa shape index (κ3) is 4.04. The molecule has 1 aromatic rings. The highest BCUT2D eigenvalue weighted by atomic mass is 79.9. The lowest BCUT2D eigenvalue weighted by atomic mass is 10.1. The van der Waals surface area contributed by atoms with E-state index in [-0.39, 0.29) is 4.82 Å². The lowest BCUT2D eigenvalue weighted by Gasteiger charge is -2.15. The summed E-state index contributed by atoms with van der Waals surface area (Å²) in [6, 6.07) is 6.21. The SMILES string of the molecule is CCc1ccc(OC)c(CCN(C)C(=O)Br)c1. The van der Waals surface area contributed by atoms with E-state index in [2.05, 4.69) is 35.0 Å². The number of halogens is 1. The number of hydrogen-bond donors (Lipinski definition) is 0. The molecule has 0 fully saturated rings. The van der Waals surface area contributed by atoms with E-state index in [0.717, 1.165) is 24.2 Å². The molecule has 0 radical (unpaired) electrons. The van der Waals surface area contributed by atoms with E-state index in [1.165, 1.54) is 5.56 Å². The van der Waals surface area contributed by atoms with Crippen LogP contribution >= 0.6 is 15.9 Å². The number of carbonyl (C=O) groups excluding carboxylic acids is 1. The first-order valence-electron chi connectivity index (χ1n) is 5.64. The number of benzene rings is 1. The van der Waals surface area contributed by atoms with Crippen molar-refractivity contribution in [3.8, 4) is 5.75 Å². The van der Waals surface area contributed by atoms with E-state index >= 15 is 0 Å². The smallest absolute Gasteiger partial charge is 0.289 e. The van der Waals surface area contributed by atoms with Crippen LogP contribution in [0.3, 0.4) is 0 Å². The predicted molar refractivity (Wildman–Crippen MR) is 73.0 cm³/mol. The van der Waals surface area contributed by atoms with Gasteiger partial charge in [0.1, 0.15) is 5.75 Å². The van der Waals surface area contributed by atoms with Gasteiger partial charge in [0.15, 0.2) is 0 Å². The first kappa shape index (κ1) is 14.0. The maximum atomic E-state index is 11.1. The van der Waals surface area contributed by atoms with Crippen molar-refractivity contribution in [3.05, 3.63) is 29.3 Å². The van der Waals surface area contributed by atoms with E-state index in [0.29, 0.717) is 6.54 Å². The zero-order valence-electron chi connectivity index (χ0n) is 10.5. The molecule has 0 aliphatic rings. The normalized spacial score (nSPS) is 10.1. The summed E-state index contributed by atoms with van der Waals surface area (Å²) in [5.74, 6) is 0.887. The van der Waals surface area contributed by atoms with E-state index < -0.39 is 0 Å². The number of carbonyl (C=O) groups is 1. The van der Waals surface area contributed by atoms with Crippen molar-refractivity contribution in [1.29, 1.82) is 0 Å². The second kappa shape index (κ2) is 6.64. The highest BCUT2D eigenvalue weighted by Crippen LogP contribution is 2.21. The number of nitrogens with zero attached hydrogens (tertiary/aromatic N) is 1. The van der Waals surface area contributed by atoms with Crippen molar-refractivity contribution < 1.29 is 9.53 Å². The second-order valence-corrected chi connectivity index (χ2v) is 4.60. The Hall–Kier alpha value is -1.03. The van der Waals surface area contributed by atoms with Crippen LogP contribution in [0.15, 0.2) is 18.2 Å². The van der Waals surface area contributed by atoms with Crippen molar-refractivity contribution in [2.45, 2.75) is 19.8 Å². The predicted octanol–water partition coefficient (Wildman–Crippen LogP) is 3.25. The lowest BCUT2D eigenvalue weighted by molar-refractivity contribution is 0.235. The summed E-state index contributed by atoms with van der Waals surface area (Å²) in [7, 11) is 3.44. The Morgan fingerprint density at radius 3 is 2.71 bits per heavy atom. The molecule has 0 N–H and O–H groups in total. The molecule has 4 heteroatoms. The number of methoxy groups -OCH3 is 1. The summed E-state index contributed by atoms with van der Waals surface area (Å²) in [4.78, 5) is 12.6. The van der Waals surface area contributed by atoms with Gasteiger partial charge in [-0.3, -0.25) is 4.79 Å². The molecule has 0 aromatic heterocycles. The second-order valence-electron chi connectivity index (χ2n) is 3.92. The Labute approximate surface area is 111 Å². The van der Waals surface area contributed by atoms with E-state index in [4.69, 9.17) is 4.74 Å². The zero-order valence-corrected chi connectivity index (χ0v) is 12.1. The fraction of sp³-hybridized carbons (Fsp3) is 0.462. The largest absolute Gasteiger partial charge is 0.496 e. The average molecular weight is 300 g/mol. The highest BCUT2D eigenvalue weighted by Gasteiger charge is 2.08. The van der Waals surface area contributed by atoms with Gasteiger partial charge in [0.05, 0.1) is 7.11 Å². The minimum atomic E-state index is -0.0943. The van der Waals surface area contributed by atoms with E-state index in [9.17, 15) is 4.79 Å². The summed E-state index contributed by atoms with van der Waals surface area (Å²) >= 11 is 2.93. The fourth-order valence-corrected chi connectivity index (χ4v) is 1.80. The Kier molecular flexibility index (Phi) is 5.48. The number of aryl methyl sites for hydroxylation is 1. The van der Waals surface area contributed by atoms with Gasteiger partial charge in [0, 0.05) is 29.5 Å². The Morgan fingerprint density at radius 2 is 2.18 bits per heavy atom. The van der Waals surface area contributed by atoms with Gasteiger partial charge in [-0.1, -0.05) is 19.1 Å². The molecule has 0 unspecified atom stereocenters. The van der Waals surface area contributed by atoms with Crippen LogP contribution in [0.25, 0.3) is 0 Å². The number of ether oxygens (including phenoxy) is 1. The monoisotopic (exact) mass is 299 g/mol. The maximum Gasteiger partial charge on any atom is 0.289 e. The summed E-state index contributed by atoms with van der Waals surface area (Å²) in [5.41, 5.74) is 2.43. The van der Waals surface area contributed by atoms with Crippen LogP contribution in [0.4, 0.5) is 4.79 Å². The van der Waals surface area contributed by atoms with Crippen LogP contribution in [-0.4, -0.2) is 30.4 Å². The van der Waals surface area contributed by atoms with Gasteiger partial charge in [0.2, 0.25) is 0 Å². The van der Waals surface area contributed by atoms with Crippen LogP contribution in [0.2, 0.25) is 0 Å². The van der Waals surface area contributed by atoms with Gasteiger partial charge in [0.25, 0.3) is 4.82 Å². The van der Waals surface area contributed by atoms with Crippen molar-refractivity contribution in [1.82, 2.24) is 4.90 Å². The molecule has 17 heavy (non-hydrogen) atoms. The molecule has 0 saturated carbocycles. The minimum Gasteiger partial charge on any atom is -0.496 e. The van der Waals surface area contributed by atoms with Crippen LogP contribution in [-0.2, 0) is 12.8 Å². The van der Waals surface area contributed by atoms with Crippen molar-refractivity contribution in [3.63, 3.8) is 0 Å². The van der Waals surface area contributed by atoms with Crippen LogP contribution in [0.5, 0.6) is 5.75 Å². The number of likely N-dealkylation sites (N-methyl/N-ethyl adjacent to an activating group) is 1.